The predicted molar refractivity (Wildman–Crippen MR) is 162 cm³/mol. The second-order valence-electron chi connectivity index (χ2n) is 11.1. The van der Waals surface area contributed by atoms with Crippen molar-refractivity contribution in [3.8, 4) is 5.75 Å². The van der Waals surface area contributed by atoms with Crippen LogP contribution in [-0.2, 0) is 36.8 Å². The highest BCUT2D eigenvalue weighted by Crippen LogP contribution is 2.19. The van der Waals surface area contributed by atoms with Gasteiger partial charge in [0.05, 0.1) is 6.04 Å². The van der Waals surface area contributed by atoms with E-state index in [1.165, 1.54) is 24.3 Å². The lowest BCUT2D eigenvalue weighted by Gasteiger charge is -2.26. The molecule has 1 aromatic heterocycles. The van der Waals surface area contributed by atoms with Crippen molar-refractivity contribution < 1.29 is 39.3 Å². The summed E-state index contributed by atoms with van der Waals surface area (Å²) in [4.78, 5) is 66.0. The molecule has 4 unspecified atom stereocenters. The molecule has 44 heavy (non-hydrogen) atoms. The number of rotatable bonds is 16. The summed E-state index contributed by atoms with van der Waals surface area (Å²) in [5, 5.41) is 36.9. The Kier molecular flexibility index (Phi) is 11.9. The van der Waals surface area contributed by atoms with Crippen LogP contribution in [0.25, 0.3) is 10.9 Å². The molecule has 3 amide bonds. The number of hydrogen-bond acceptors (Lipinski definition) is 7. The first kappa shape index (κ1) is 33.6. The molecular formula is C31H39N5O8. The zero-order chi connectivity index (χ0) is 32.4. The van der Waals surface area contributed by atoms with E-state index in [1.807, 2.05) is 38.1 Å². The minimum atomic E-state index is -1.40. The number of aliphatic carboxylic acids is 2. The Morgan fingerprint density at radius 2 is 1.43 bits per heavy atom. The second kappa shape index (κ2) is 15.5. The molecule has 9 N–H and O–H groups in total. The topological polar surface area (TPSA) is 224 Å². The van der Waals surface area contributed by atoms with Crippen LogP contribution in [0.2, 0.25) is 0 Å². The van der Waals surface area contributed by atoms with E-state index in [1.54, 1.807) is 6.20 Å². The Morgan fingerprint density at radius 3 is 2.07 bits per heavy atom. The number of phenolic OH excluding ortho intramolecular Hbond substituents is 1. The van der Waals surface area contributed by atoms with Gasteiger partial charge in [-0.25, -0.2) is 4.79 Å². The molecule has 0 aliphatic carbocycles. The fourth-order valence-corrected chi connectivity index (χ4v) is 4.76. The first-order valence-electron chi connectivity index (χ1n) is 14.3. The van der Waals surface area contributed by atoms with Crippen molar-refractivity contribution >= 4 is 40.6 Å². The SMILES string of the molecule is CC(C)CC(NC(=O)C(N)Cc1c[nH]c2ccccc12)C(=O)NC(CCC(=O)O)C(=O)NC(Cc1ccc(O)cc1)C(=O)O. The van der Waals surface area contributed by atoms with Crippen LogP contribution in [0.5, 0.6) is 5.75 Å². The molecule has 4 atom stereocenters. The quantitative estimate of drug-likeness (QED) is 0.117. The zero-order valence-corrected chi connectivity index (χ0v) is 24.6. The van der Waals surface area contributed by atoms with Crippen molar-refractivity contribution in [2.75, 3.05) is 0 Å². The first-order chi connectivity index (χ1) is 20.8. The summed E-state index contributed by atoms with van der Waals surface area (Å²) in [6.07, 6.45) is 1.25. The Balaban J connectivity index is 1.71. The minimum absolute atomic E-state index is 0.0110. The van der Waals surface area contributed by atoms with Gasteiger partial charge in [0.1, 0.15) is 23.9 Å². The molecule has 0 aliphatic heterocycles. The third-order valence-corrected chi connectivity index (χ3v) is 7.06. The molecule has 236 valence electrons. The van der Waals surface area contributed by atoms with Gasteiger partial charge in [-0.05, 0) is 54.5 Å². The number of benzene rings is 2. The molecule has 13 heteroatoms. The number of aromatic nitrogens is 1. The highest BCUT2D eigenvalue weighted by molar-refractivity contribution is 5.94. The van der Waals surface area contributed by atoms with Crippen LogP contribution in [0.15, 0.2) is 54.7 Å². The average Bonchev–Trinajstić information content (AvgIpc) is 3.37. The number of amides is 3. The molecule has 0 saturated heterocycles. The molecule has 0 radical (unpaired) electrons. The summed E-state index contributed by atoms with van der Waals surface area (Å²) in [6.45, 7) is 3.68. The fourth-order valence-electron chi connectivity index (χ4n) is 4.76. The van der Waals surface area contributed by atoms with Crippen LogP contribution >= 0.6 is 0 Å². The number of hydrogen-bond donors (Lipinski definition) is 8. The van der Waals surface area contributed by atoms with E-state index in [2.05, 4.69) is 20.9 Å². The minimum Gasteiger partial charge on any atom is -0.508 e. The highest BCUT2D eigenvalue weighted by atomic mass is 16.4. The third kappa shape index (κ3) is 9.83. The molecule has 3 rings (SSSR count). The van der Waals surface area contributed by atoms with Crippen molar-refractivity contribution in [3.63, 3.8) is 0 Å². The van der Waals surface area contributed by atoms with Gasteiger partial charge in [-0.1, -0.05) is 44.2 Å². The van der Waals surface area contributed by atoms with Crippen LogP contribution < -0.4 is 21.7 Å². The summed E-state index contributed by atoms with van der Waals surface area (Å²) in [6, 6.07) is 8.44. The fraction of sp³-hybridized carbons (Fsp3) is 0.387. The first-order valence-corrected chi connectivity index (χ1v) is 14.3. The number of aromatic amines is 1. The van der Waals surface area contributed by atoms with Crippen molar-refractivity contribution in [2.45, 2.75) is 70.1 Å². The lowest BCUT2D eigenvalue weighted by Crippen LogP contribution is -2.57. The van der Waals surface area contributed by atoms with Gasteiger partial charge in [0, 0.05) is 29.9 Å². The van der Waals surface area contributed by atoms with E-state index in [9.17, 15) is 39.3 Å². The highest BCUT2D eigenvalue weighted by Gasteiger charge is 2.31. The number of aromatic hydroxyl groups is 1. The number of carbonyl (C=O) groups is 5. The molecular weight excluding hydrogens is 570 g/mol. The Bertz CT molecular complexity index is 1470. The van der Waals surface area contributed by atoms with Crippen molar-refractivity contribution in [3.05, 3.63) is 65.9 Å². The Labute approximate surface area is 254 Å². The van der Waals surface area contributed by atoms with Gasteiger partial charge in [0.15, 0.2) is 0 Å². The monoisotopic (exact) mass is 609 g/mol. The standard InChI is InChI=1S/C31H39N5O8/c1-17(2)13-25(35-28(40)22(32)15-19-16-33-23-6-4-3-5-21(19)23)30(42)34-24(11-12-27(38)39)29(41)36-26(31(43)44)14-18-7-9-20(37)10-8-18/h3-10,16-17,22,24-26,33,37H,11-15,32H2,1-2H3,(H,34,42)(H,35,40)(H,36,41)(H,38,39)(H,43,44). The Morgan fingerprint density at radius 1 is 0.818 bits per heavy atom. The second-order valence-corrected chi connectivity index (χ2v) is 11.1. The maximum absolute atomic E-state index is 13.4. The summed E-state index contributed by atoms with van der Waals surface area (Å²) in [5.41, 5.74) is 8.45. The van der Waals surface area contributed by atoms with Gasteiger partial charge in [-0.2, -0.15) is 0 Å². The molecule has 0 spiro atoms. The number of nitrogens with one attached hydrogen (secondary N) is 4. The maximum Gasteiger partial charge on any atom is 0.326 e. The summed E-state index contributed by atoms with van der Waals surface area (Å²) >= 11 is 0. The maximum atomic E-state index is 13.4. The van der Waals surface area contributed by atoms with Gasteiger partial charge in [0.2, 0.25) is 17.7 Å². The van der Waals surface area contributed by atoms with Crippen molar-refractivity contribution in [2.24, 2.45) is 11.7 Å². The molecule has 2 aromatic carbocycles. The van der Waals surface area contributed by atoms with E-state index in [4.69, 9.17) is 5.73 Å². The van der Waals surface area contributed by atoms with Gasteiger partial charge >= 0.3 is 11.9 Å². The average molecular weight is 610 g/mol. The number of H-pyrrole nitrogens is 1. The Hall–Kier alpha value is -4.91. The summed E-state index contributed by atoms with van der Waals surface area (Å²) in [7, 11) is 0. The number of phenols is 1. The number of carboxylic acid groups (broad SMARTS) is 2. The largest absolute Gasteiger partial charge is 0.508 e. The van der Waals surface area contributed by atoms with Crippen LogP contribution in [0.3, 0.4) is 0 Å². The van der Waals surface area contributed by atoms with E-state index in [0.29, 0.717) is 5.56 Å². The van der Waals surface area contributed by atoms with Crippen molar-refractivity contribution in [1.82, 2.24) is 20.9 Å². The number of carboxylic acids is 2. The summed E-state index contributed by atoms with van der Waals surface area (Å²) < 4.78 is 0. The van der Waals surface area contributed by atoms with E-state index in [0.717, 1.165) is 16.5 Å². The lowest BCUT2D eigenvalue weighted by atomic mass is 10.00. The van der Waals surface area contributed by atoms with Crippen LogP contribution in [-0.4, -0.2) is 74.1 Å². The molecule has 0 bridgehead atoms. The van der Waals surface area contributed by atoms with Gasteiger partial charge in [0.25, 0.3) is 0 Å². The van der Waals surface area contributed by atoms with E-state index < -0.39 is 60.2 Å². The summed E-state index contributed by atoms with van der Waals surface area (Å²) in [5.74, 6) is -4.83. The van der Waals surface area contributed by atoms with Crippen LogP contribution in [0, 0.1) is 5.92 Å². The molecule has 13 nitrogen and oxygen atoms in total. The van der Waals surface area contributed by atoms with Gasteiger partial charge in [-0.15, -0.1) is 0 Å². The normalized spacial score (nSPS) is 13.9. The number of fused-ring (bicyclic) bond motifs is 1. The molecule has 0 fully saturated rings. The third-order valence-electron chi connectivity index (χ3n) is 7.06. The zero-order valence-electron chi connectivity index (χ0n) is 24.6. The van der Waals surface area contributed by atoms with E-state index >= 15 is 0 Å². The predicted octanol–water partition coefficient (Wildman–Crippen LogP) is 1.44. The molecule has 0 aliphatic rings. The lowest BCUT2D eigenvalue weighted by molar-refractivity contribution is -0.143. The van der Waals surface area contributed by atoms with Crippen LogP contribution in [0.4, 0.5) is 0 Å². The number of carbonyl (C=O) groups excluding carboxylic acids is 3. The number of nitrogens with two attached hydrogens (primary N) is 1. The smallest absolute Gasteiger partial charge is 0.326 e. The molecule has 1 heterocycles. The van der Waals surface area contributed by atoms with Gasteiger partial charge in [-0.3, -0.25) is 19.2 Å². The molecule has 3 aromatic rings. The van der Waals surface area contributed by atoms with E-state index in [-0.39, 0.29) is 37.4 Å². The van der Waals surface area contributed by atoms with Crippen molar-refractivity contribution in [1.29, 1.82) is 0 Å². The molecule has 0 saturated carbocycles. The van der Waals surface area contributed by atoms with Gasteiger partial charge < -0.3 is 42.0 Å². The number of para-hydroxylation sites is 1. The van der Waals surface area contributed by atoms with Crippen LogP contribution in [0.1, 0.15) is 44.2 Å².